The number of aliphatic hydroxyl groups excluding tert-OH is 1. The van der Waals surface area contributed by atoms with E-state index in [2.05, 4.69) is 22.3 Å². The van der Waals surface area contributed by atoms with Crippen molar-refractivity contribution in [3.8, 4) is 5.75 Å². The van der Waals surface area contributed by atoms with Crippen LogP contribution in [-0.4, -0.2) is 44.0 Å². The highest BCUT2D eigenvalue weighted by Gasteiger charge is 2.09. The molecular formula is C14H22N2O2. The molecule has 1 aromatic carbocycles. The molecule has 1 atom stereocenters. The first kappa shape index (κ1) is 13.2. The summed E-state index contributed by atoms with van der Waals surface area (Å²) < 4.78 is 5.57. The highest BCUT2D eigenvalue weighted by molar-refractivity contribution is 5.49. The van der Waals surface area contributed by atoms with Gasteiger partial charge in [0.05, 0.1) is 12.7 Å². The second kappa shape index (κ2) is 6.61. The third-order valence-corrected chi connectivity index (χ3v) is 3.12. The topological polar surface area (TPSA) is 44.7 Å². The monoisotopic (exact) mass is 250 g/mol. The molecule has 1 aromatic rings. The maximum atomic E-state index is 9.15. The molecule has 1 heterocycles. The molecule has 4 nitrogen and oxygen atoms in total. The predicted octanol–water partition coefficient (Wildman–Crippen LogP) is 1.25. The standard InChI is InChI=1S/C14H22N2O2/c1-12(17)6-11-18-14-4-2-13(3-5-14)16-9-7-15-8-10-16/h2-5,12,15,17H,6-11H2,1H3. The smallest absolute Gasteiger partial charge is 0.119 e. The number of anilines is 1. The van der Waals surface area contributed by atoms with E-state index in [9.17, 15) is 0 Å². The van der Waals surface area contributed by atoms with Gasteiger partial charge in [-0.05, 0) is 31.2 Å². The van der Waals surface area contributed by atoms with Gasteiger partial charge >= 0.3 is 0 Å². The van der Waals surface area contributed by atoms with Gasteiger partial charge in [0, 0.05) is 38.3 Å². The summed E-state index contributed by atoms with van der Waals surface area (Å²) in [7, 11) is 0. The van der Waals surface area contributed by atoms with Crippen molar-refractivity contribution in [2.45, 2.75) is 19.4 Å². The van der Waals surface area contributed by atoms with Crippen molar-refractivity contribution in [3.63, 3.8) is 0 Å². The Morgan fingerprint density at radius 2 is 1.94 bits per heavy atom. The molecule has 0 aromatic heterocycles. The lowest BCUT2D eigenvalue weighted by Crippen LogP contribution is -2.43. The average molecular weight is 250 g/mol. The van der Waals surface area contributed by atoms with Gasteiger partial charge in [-0.15, -0.1) is 0 Å². The first-order chi connectivity index (χ1) is 8.75. The van der Waals surface area contributed by atoms with Gasteiger partial charge in [-0.2, -0.15) is 0 Å². The second-order valence-electron chi connectivity index (χ2n) is 4.72. The van der Waals surface area contributed by atoms with Crippen molar-refractivity contribution in [2.75, 3.05) is 37.7 Å². The Hall–Kier alpha value is -1.26. The molecule has 100 valence electrons. The van der Waals surface area contributed by atoms with Crippen molar-refractivity contribution in [1.29, 1.82) is 0 Å². The number of aliphatic hydroxyl groups is 1. The number of hydrogen-bond donors (Lipinski definition) is 2. The summed E-state index contributed by atoms with van der Waals surface area (Å²) >= 11 is 0. The van der Waals surface area contributed by atoms with Crippen LogP contribution < -0.4 is 15.0 Å². The molecule has 0 amide bonds. The zero-order valence-corrected chi connectivity index (χ0v) is 10.9. The van der Waals surface area contributed by atoms with Crippen molar-refractivity contribution in [3.05, 3.63) is 24.3 Å². The highest BCUT2D eigenvalue weighted by atomic mass is 16.5. The van der Waals surface area contributed by atoms with E-state index in [0.717, 1.165) is 31.9 Å². The fraction of sp³-hybridized carbons (Fsp3) is 0.571. The Kier molecular flexibility index (Phi) is 4.84. The van der Waals surface area contributed by atoms with Gasteiger partial charge in [-0.1, -0.05) is 0 Å². The summed E-state index contributed by atoms with van der Waals surface area (Å²) in [5.41, 5.74) is 1.25. The fourth-order valence-electron chi connectivity index (χ4n) is 2.02. The molecule has 1 aliphatic heterocycles. The van der Waals surface area contributed by atoms with Crippen molar-refractivity contribution < 1.29 is 9.84 Å². The van der Waals surface area contributed by atoms with E-state index in [1.807, 2.05) is 12.1 Å². The maximum absolute atomic E-state index is 9.15. The first-order valence-corrected chi connectivity index (χ1v) is 6.62. The highest BCUT2D eigenvalue weighted by Crippen LogP contribution is 2.19. The Morgan fingerprint density at radius 1 is 1.28 bits per heavy atom. The SMILES string of the molecule is CC(O)CCOc1ccc(N2CCNCC2)cc1. The minimum Gasteiger partial charge on any atom is -0.493 e. The van der Waals surface area contributed by atoms with Gasteiger partial charge < -0.3 is 20.1 Å². The number of piperazine rings is 1. The molecule has 1 aliphatic rings. The van der Waals surface area contributed by atoms with Crippen LogP contribution in [0.15, 0.2) is 24.3 Å². The molecule has 1 unspecified atom stereocenters. The molecule has 2 rings (SSSR count). The van der Waals surface area contributed by atoms with E-state index in [-0.39, 0.29) is 6.10 Å². The van der Waals surface area contributed by atoms with Crippen LogP contribution in [0.1, 0.15) is 13.3 Å². The van der Waals surface area contributed by atoms with E-state index in [0.29, 0.717) is 13.0 Å². The fourth-order valence-corrected chi connectivity index (χ4v) is 2.02. The lowest BCUT2D eigenvalue weighted by molar-refractivity contribution is 0.155. The summed E-state index contributed by atoms with van der Waals surface area (Å²) in [6.45, 7) is 6.55. The third-order valence-electron chi connectivity index (χ3n) is 3.12. The van der Waals surface area contributed by atoms with Crippen LogP contribution in [0.5, 0.6) is 5.75 Å². The molecule has 0 radical (unpaired) electrons. The van der Waals surface area contributed by atoms with Gasteiger partial charge in [0.2, 0.25) is 0 Å². The Balaban J connectivity index is 1.84. The number of nitrogens with one attached hydrogen (secondary N) is 1. The minimum atomic E-state index is -0.301. The van der Waals surface area contributed by atoms with Gasteiger partial charge in [0.25, 0.3) is 0 Å². The van der Waals surface area contributed by atoms with Gasteiger partial charge in [-0.3, -0.25) is 0 Å². The van der Waals surface area contributed by atoms with E-state index in [1.165, 1.54) is 5.69 Å². The van der Waals surface area contributed by atoms with E-state index >= 15 is 0 Å². The zero-order valence-electron chi connectivity index (χ0n) is 10.9. The number of hydrogen-bond acceptors (Lipinski definition) is 4. The predicted molar refractivity (Wildman–Crippen MR) is 73.3 cm³/mol. The lowest BCUT2D eigenvalue weighted by atomic mass is 10.2. The molecule has 0 aliphatic carbocycles. The van der Waals surface area contributed by atoms with E-state index in [4.69, 9.17) is 9.84 Å². The lowest BCUT2D eigenvalue weighted by Gasteiger charge is -2.29. The Labute approximate surface area is 109 Å². The maximum Gasteiger partial charge on any atom is 0.119 e. The molecule has 0 spiro atoms. The summed E-state index contributed by atoms with van der Waals surface area (Å²) in [5, 5.41) is 12.5. The molecule has 2 N–H and O–H groups in total. The van der Waals surface area contributed by atoms with E-state index < -0.39 is 0 Å². The molecule has 4 heteroatoms. The molecule has 0 bridgehead atoms. The zero-order chi connectivity index (χ0) is 12.8. The second-order valence-corrected chi connectivity index (χ2v) is 4.72. The number of benzene rings is 1. The van der Waals surface area contributed by atoms with Crippen molar-refractivity contribution in [2.24, 2.45) is 0 Å². The number of rotatable bonds is 5. The average Bonchev–Trinajstić information content (AvgIpc) is 2.40. The third kappa shape index (κ3) is 3.89. The molecule has 1 fully saturated rings. The van der Waals surface area contributed by atoms with Crippen LogP contribution in [0.25, 0.3) is 0 Å². The van der Waals surface area contributed by atoms with Crippen LogP contribution in [0, 0.1) is 0 Å². The van der Waals surface area contributed by atoms with E-state index in [1.54, 1.807) is 6.92 Å². The quantitative estimate of drug-likeness (QED) is 0.825. The Bertz CT molecular complexity index is 345. The van der Waals surface area contributed by atoms with Gasteiger partial charge in [0.1, 0.15) is 5.75 Å². The Morgan fingerprint density at radius 3 is 2.56 bits per heavy atom. The van der Waals surface area contributed by atoms with Crippen LogP contribution in [0.4, 0.5) is 5.69 Å². The number of nitrogens with zero attached hydrogens (tertiary/aromatic N) is 1. The van der Waals surface area contributed by atoms with Gasteiger partial charge in [-0.25, -0.2) is 0 Å². The number of ether oxygens (including phenoxy) is 1. The summed E-state index contributed by atoms with van der Waals surface area (Å²) in [4.78, 5) is 2.37. The molecule has 18 heavy (non-hydrogen) atoms. The summed E-state index contributed by atoms with van der Waals surface area (Å²) in [5.74, 6) is 0.870. The summed E-state index contributed by atoms with van der Waals surface area (Å²) in [6.07, 6.45) is 0.365. The van der Waals surface area contributed by atoms with Crippen molar-refractivity contribution >= 4 is 5.69 Å². The molecule has 1 saturated heterocycles. The van der Waals surface area contributed by atoms with Crippen LogP contribution in [0.3, 0.4) is 0 Å². The minimum absolute atomic E-state index is 0.301. The van der Waals surface area contributed by atoms with Crippen LogP contribution in [-0.2, 0) is 0 Å². The van der Waals surface area contributed by atoms with Crippen molar-refractivity contribution in [1.82, 2.24) is 5.32 Å². The normalized spacial score (nSPS) is 17.6. The largest absolute Gasteiger partial charge is 0.493 e. The van der Waals surface area contributed by atoms with Crippen LogP contribution >= 0.6 is 0 Å². The molecular weight excluding hydrogens is 228 g/mol. The van der Waals surface area contributed by atoms with Crippen LogP contribution in [0.2, 0.25) is 0 Å². The summed E-state index contributed by atoms with van der Waals surface area (Å²) in [6, 6.07) is 8.20. The van der Waals surface area contributed by atoms with Gasteiger partial charge in [0.15, 0.2) is 0 Å². The molecule has 0 saturated carbocycles. The first-order valence-electron chi connectivity index (χ1n) is 6.62.